The quantitative estimate of drug-likeness (QED) is 0.862. The van der Waals surface area contributed by atoms with Crippen molar-refractivity contribution in [1.29, 1.82) is 0 Å². The summed E-state index contributed by atoms with van der Waals surface area (Å²) in [5.41, 5.74) is 6.46. The molecular weight excluding hydrogens is 254 g/mol. The highest BCUT2D eigenvalue weighted by atomic mass is 16.2. The molecule has 2 aromatic heterocycles. The molecule has 0 saturated heterocycles. The third-order valence-electron chi connectivity index (χ3n) is 3.25. The van der Waals surface area contributed by atoms with Crippen LogP contribution in [-0.2, 0) is 11.2 Å². The average Bonchev–Trinajstić information content (AvgIpc) is 2.80. The summed E-state index contributed by atoms with van der Waals surface area (Å²) in [5.74, 6) is 0.691. The highest BCUT2D eigenvalue weighted by Gasteiger charge is 2.27. The first-order valence-electron chi connectivity index (χ1n) is 6.71. The Labute approximate surface area is 118 Å². The monoisotopic (exact) mass is 275 g/mol. The van der Waals surface area contributed by atoms with Gasteiger partial charge in [0.1, 0.15) is 5.82 Å². The van der Waals surface area contributed by atoms with E-state index in [0.29, 0.717) is 13.0 Å². The Morgan fingerprint density at radius 3 is 2.85 bits per heavy atom. The molecule has 1 atom stereocenters. The molecule has 0 unspecified atom stereocenters. The number of fused-ring (bicyclic) bond motifs is 1. The van der Waals surface area contributed by atoms with E-state index in [1.165, 1.54) is 0 Å². The molecule has 20 heavy (non-hydrogen) atoms. The molecule has 0 saturated carbocycles. The van der Waals surface area contributed by atoms with Crippen molar-refractivity contribution in [3.8, 4) is 0 Å². The van der Waals surface area contributed by atoms with Crippen molar-refractivity contribution in [1.82, 2.24) is 19.9 Å². The molecule has 2 aromatic rings. The zero-order valence-corrected chi connectivity index (χ0v) is 12.1. The lowest BCUT2D eigenvalue weighted by molar-refractivity contribution is -0.124. The van der Waals surface area contributed by atoms with Gasteiger partial charge in [0, 0.05) is 19.2 Å². The maximum Gasteiger partial charge on any atom is 0.237 e. The molecule has 2 heterocycles. The second kappa shape index (κ2) is 5.58. The Hall–Kier alpha value is -1.95. The maximum atomic E-state index is 11.9. The van der Waals surface area contributed by atoms with E-state index in [2.05, 4.69) is 15.5 Å². The molecule has 0 aliphatic heterocycles. The summed E-state index contributed by atoms with van der Waals surface area (Å²) in [5, 5.41) is 11.0. The number of pyridine rings is 1. The molecule has 3 N–H and O–H groups in total. The van der Waals surface area contributed by atoms with E-state index >= 15 is 0 Å². The lowest BCUT2D eigenvalue weighted by Crippen LogP contribution is -2.49. The van der Waals surface area contributed by atoms with Crippen molar-refractivity contribution in [3.63, 3.8) is 0 Å². The van der Waals surface area contributed by atoms with Gasteiger partial charge in [-0.1, -0.05) is 26.8 Å². The number of rotatable bonds is 4. The molecule has 0 aliphatic carbocycles. The van der Waals surface area contributed by atoms with Crippen LogP contribution in [0.4, 0.5) is 0 Å². The second-order valence-corrected chi connectivity index (χ2v) is 5.93. The van der Waals surface area contributed by atoms with E-state index in [0.717, 1.165) is 11.5 Å². The van der Waals surface area contributed by atoms with Crippen LogP contribution in [0.1, 0.15) is 26.6 Å². The predicted molar refractivity (Wildman–Crippen MR) is 77.1 cm³/mol. The molecule has 0 aromatic carbocycles. The van der Waals surface area contributed by atoms with Crippen LogP contribution < -0.4 is 11.1 Å². The van der Waals surface area contributed by atoms with E-state index in [-0.39, 0.29) is 11.3 Å². The molecule has 0 fully saturated rings. The van der Waals surface area contributed by atoms with Crippen LogP contribution in [0, 0.1) is 5.41 Å². The number of nitrogens with two attached hydrogens (primary N) is 1. The van der Waals surface area contributed by atoms with Gasteiger partial charge in [0.2, 0.25) is 5.91 Å². The van der Waals surface area contributed by atoms with Crippen LogP contribution >= 0.6 is 0 Å². The van der Waals surface area contributed by atoms with Gasteiger partial charge in [0.25, 0.3) is 0 Å². The van der Waals surface area contributed by atoms with Crippen molar-refractivity contribution in [2.75, 3.05) is 6.54 Å². The minimum Gasteiger partial charge on any atom is -0.354 e. The first kappa shape index (κ1) is 14.5. The van der Waals surface area contributed by atoms with Gasteiger partial charge < -0.3 is 11.1 Å². The normalized spacial score (nSPS) is 13.4. The highest BCUT2D eigenvalue weighted by molar-refractivity contribution is 5.82. The van der Waals surface area contributed by atoms with E-state index in [1.807, 2.05) is 49.6 Å². The third kappa shape index (κ3) is 3.14. The molecule has 6 heteroatoms. The smallest absolute Gasteiger partial charge is 0.237 e. The third-order valence-corrected chi connectivity index (χ3v) is 3.25. The predicted octanol–water partition coefficient (Wildman–Crippen LogP) is 0.761. The lowest BCUT2D eigenvalue weighted by Gasteiger charge is -2.25. The van der Waals surface area contributed by atoms with Gasteiger partial charge in [-0.3, -0.25) is 9.20 Å². The van der Waals surface area contributed by atoms with Crippen molar-refractivity contribution in [3.05, 3.63) is 30.2 Å². The highest BCUT2D eigenvalue weighted by Crippen LogP contribution is 2.17. The Morgan fingerprint density at radius 1 is 1.40 bits per heavy atom. The number of hydrogen-bond acceptors (Lipinski definition) is 4. The first-order valence-corrected chi connectivity index (χ1v) is 6.71. The number of carbonyl (C=O) groups excluding carboxylic acids is 1. The van der Waals surface area contributed by atoms with Crippen LogP contribution in [0.25, 0.3) is 5.65 Å². The number of carbonyl (C=O) groups is 1. The Bertz CT molecular complexity index is 599. The molecule has 6 nitrogen and oxygen atoms in total. The van der Waals surface area contributed by atoms with Gasteiger partial charge >= 0.3 is 0 Å². The standard InChI is InChI=1S/C14H21N5O/c1-14(2,3)12(15)13(20)16-8-7-11-18-17-10-6-4-5-9-19(10)11/h4-6,9,12H,7-8,15H2,1-3H3,(H,16,20)/t12-/m1/s1. The van der Waals surface area contributed by atoms with Gasteiger partial charge in [-0.05, 0) is 17.5 Å². The molecule has 0 bridgehead atoms. The van der Waals surface area contributed by atoms with Crippen LogP contribution in [0.2, 0.25) is 0 Å². The number of aromatic nitrogens is 3. The Morgan fingerprint density at radius 2 is 2.15 bits per heavy atom. The lowest BCUT2D eigenvalue weighted by atomic mass is 9.87. The summed E-state index contributed by atoms with van der Waals surface area (Å²) in [7, 11) is 0. The van der Waals surface area contributed by atoms with Crippen molar-refractivity contribution < 1.29 is 4.79 Å². The van der Waals surface area contributed by atoms with Gasteiger partial charge in [-0.15, -0.1) is 10.2 Å². The molecule has 2 rings (SSSR count). The van der Waals surface area contributed by atoms with Crippen molar-refractivity contribution in [2.24, 2.45) is 11.1 Å². The minimum atomic E-state index is -0.516. The molecule has 0 spiro atoms. The van der Waals surface area contributed by atoms with Crippen LogP contribution in [-0.4, -0.2) is 33.1 Å². The van der Waals surface area contributed by atoms with E-state index < -0.39 is 6.04 Å². The zero-order valence-electron chi connectivity index (χ0n) is 12.1. The largest absolute Gasteiger partial charge is 0.354 e. The van der Waals surface area contributed by atoms with Gasteiger partial charge in [-0.25, -0.2) is 0 Å². The topological polar surface area (TPSA) is 85.3 Å². The van der Waals surface area contributed by atoms with Gasteiger partial charge in [0.15, 0.2) is 5.65 Å². The number of amides is 1. The summed E-state index contributed by atoms with van der Waals surface area (Å²) in [6.45, 7) is 6.34. The van der Waals surface area contributed by atoms with Crippen molar-refractivity contribution in [2.45, 2.75) is 33.2 Å². The van der Waals surface area contributed by atoms with Gasteiger partial charge in [-0.2, -0.15) is 0 Å². The number of nitrogens with zero attached hydrogens (tertiary/aromatic N) is 3. The summed E-state index contributed by atoms with van der Waals surface area (Å²) >= 11 is 0. The second-order valence-electron chi connectivity index (χ2n) is 5.93. The van der Waals surface area contributed by atoms with Crippen LogP contribution in [0.5, 0.6) is 0 Å². The fraction of sp³-hybridized carbons (Fsp3) is 0.500. The molecular formula is C14H21N5O. The van der Waals surface area contributed by atoms with E-state index in [9.17, 15) is 4.79 Å². The maximum absolute atomic E-state index is 11.9. The Kier molecular flexibility index (Phi) is 4.04. The average molecular weight is 275 g/mol. The molecule has 0 aliphatic rings. The number of hydrogen-bond donors (Lipinski definition) is 2. The summed E-state index contributed by atoms with van der Waals surface area (Å²) in [4.78, 5) is 11.9. The van der Waals surface area contributed by atoms with Crippen molar-refractivity contribution >= 4 is 11.6 Å². The van der Waals surface area contributed by atoms with E-state index in [1.54, 1.807) is 0 Å². The SMILES string of the molecule is CC(C)(C)[C@H](N)C(=O)NCCc1nnc2ccccn12. The summed E-state index contributed by atoms with van der Waals surface area (Å²) in [6.07, 6.45) is 2.53. The van der Waals surface area contributed by atoms with Gasteiger partial charge in [0.05, 0.1) is 6.04 Å². The van der Waals surface area contributed by atoms with E-state index in [4.69, 9.17) is 5.73 Å². The zero-order chi connectivity index (χ0) is 14.8. The fourth-order valence-corrected chi connectivity index (χ4v) is 1.86. The molecule has 108 valence electrons. The minimum absolute atomic E-state index is 0.133. The first-order chi connectivity index (χ1) is 9.39. The number of nitrogens with one attached hydrogen (secondary N) is 1. The van der Waals surface area contributed by atoms with Crippen LogP contribution in [0.3, 0.4) is 0 Å². The summed E-state index contributed by atoms with van der Waals surface area (Å²) in [6, 6.07) is 5.22. The Balaban J connectivity index is 1.92. The summed E-state index contributed by atoms with van der Waals surface area (Å²) < 4.78 is 1.91. The van der Waals surface area contributed by atoms with Crippen LogP contribution in [0.15, 0.2) is 24.4 Å². The molecule has 0 radical (unpaired) electrons. The fourth-order valence-electron chi connectivity index (χ4n) is 1.86. The molecule has 1 amide bonds.